The molecule has 5 rings (SSSR count). The summed E-state index contributed by atoms with van der Waals surface area (Å²) in [6.45, 7) is 6.89. The number of nitrogens with zero attached hydrogens (tertiary/aromatic N) is 5. The quantitative estimate of drug-likeness (QED) is 0.376. The number of hydrogen-bond acceptors (Lipinski definition) is 7. The second-order valence-corrected chi connectivity index (χ2v) is 9.92. The highest BCUT2D eigenvalue weighted by atomic mass is 16.5. The average Bonchev–Trinajstić information content (AvgIpc) is 3.77. The average molecular weight is 481 g/mol. The van der Waals surface area contributed by atoms with E-state index < -0.39 is 0 Å². The zero-order valence-corrected chi connectivity index (χ0v) is 20.8. The van der Waals surface area contributed by atoms with Crippen molar-refractivity contribution in [2.24, 2.45) is 11.8 Å². The number of rotatable bonds is 13. The van der Waals surface area contributed by atoms with E-state index in [-0.39, 0.29) is 17.5 Å². The number of nitrogens with two attached hydrogens (primary N) is 1. The molecule has 2 saturated carbocycles. The molecule has 0 unspecified atom stereocenters. The molecule has 1 aromatic carbocycles. The smallest absolute Gasteiger partial charge is 0.330 e. The van der Waals surface area contributed by atoms with E-state index in [0.29, 0.717) is 37.5 Å². The molecule has 2 aliphatic rings. The van der Waals surface area contributed by atoms with Gasteiger partial charge in [-0.15, -0.1) is 0 Å². The summed E-state index contributed by atoms with van der Waals surface area (Å²) in [6.07, 6.45) is 5.48. The molecular weight excluding hydrogens is 444 g/mol. The Bertz CT molecular complexity index is 1210. The first kappa shape index (κ1) is 23.8. The van der Waals surface area contributed by atoms with Gasteiger partial charge in [0.2, 0.25) is 0 Å². The van der Waals surface area contributed by atoms with Crippen molar-refractivity contribution >= 4 is 17.0 Å². The second-order valence-electron chi connectivity index (χ2n) is 9.92. The Hall–Kier alpha value is -2.91. The molecule has 2 aromatic heterocycles. The summed E-state index contributed by atoms with van der Waals surface area (Å²) >= 11 is 0. The van der Waals surface area contributed by atoms with Gasteiger partial charge in [-0.1, -0.05) is 24.3 Å². The number of hydrogen-bond donors (Lipinski definition) is 1. The summed E-state index contributed by atoms with van der Waals surface area (Å²) in [7, 11) is 1.60. The van der Waals surface area contributed by atoms with Gasteiger partial charge in [0.15, 0.2) is 11.5 Å². The number of ether oxygens (including phenoxy) is 2. The van der Waals surface area contributed by atoms with Gasteiger partial charge < -0.3 is 15.2 Å². The Kier molecular flexibility index (Phi) is 7.06. The molecule has 2 aliphatic carbocycles. The van der Waals surface area contributed by atoms with Crippen LogP contribution in [0.1, 0.15) is 43.7 Å². The van der Waals surface area contributed by atoms with Gasteiger partial charge in [0.1, 0.15) is 12.1 Å². The maximum atomic E-state index is 13.3. The van der Waals surface area contributed by atoms with Crippen LogP contribution in [0.3, 0.4) is 0 Å². The number of aromatic nitrogens is 4. The first-order valence-electron chi connectivity index (χ1n) is 12.7. The van der Waals surface area contributed by atoms with Crippen LogP contribution in [0.25, 0.3) is 11.2 Å². The minimum Gasteiger partial charge on any atom is -0.461 e. The third-order valence-corrected chi connectivity index (χ3v) is 6.86. The molecule has 0 bridgehead atoms. The van der Waals surface area contributed by atoms with E-state index in [0.717, 1.165) is 23.9 Å². The second kappa shape index (κ2) is 10.4. The summed E-state index contributed by atoms with van der Waals surface area (Å²) in [4.78, 5) is 24.7. The monoisotopic (exact) mass is 480 g/mol. The molecule has 0 atom stereocenters. The minimum absolute atomic E-state index is 0.146. The van der Waals surface area contributed by atoms with Crippen LogP contribution in [0.4, 0.5) is 5.82 Å². The van der Waals surface area contributed by atoms with Gasteiger partial charge >= 0.3 is 11.7 Å². The lowest BCUT2D eigenvalue weighted by atomic mass is 10.1. The molecule has 0 amide bonds. The van der Waals surface area contributed by atoms with Crippen molar-refractivity contribution in [2.75, 3.05) is 39.1 Å². The highest BCUT2D eigenvalue weighted by Crippen LogP contribution is 2.34. The number of benzene rings is 1. The van der Waals surface area contributed by atoms with Crippen LogP contribution in [0.2, 0.25) is 0 Å². The van der Waals surface area contributed by atoms with Crippen molar-refractivity contribution in [3.63, 3.8) is 0 Å². The minimum atomic E-state index is -0.146. The summed E-state index contributed by atoms with van der Waals surface area (Å²) in [5.74, 6) is 1.99. The fourth-order valence-corrected chi connectivity index (χ4v) is 4.74. The Morgan fingerprint density at radius 2 is 1.77 bits per heavy atom. The molecule has 3 aromatic rings. The molecule has 0 saturated heterocycles. The predicted molar refractivity (Wildman–Crippen MR) is 136 cm³/mol. The lowest BCUT2D eigenvalue weighted by Gasteiger charge is -2.22. The maximum absolute atomic E-state index is 13.3. The number of imidazole rings is 1. The molecule has 9 heteroatoms. The molecule has 35 heavy (non-hydrogen) atoms. The van der Waals surface area contributed by atoms with E-state index in [1.807, 2.05) is 6.92 Å². The number of nitrogen functional groups attached to an aromatic ring is 1. The summed E-state index contributed by atoms with van der Waals surface area (Å²) in [5.41, 5.74) is 9.49. The number of methoxy groups -OCH3 is 1. The van der Waals surface area contributed by atoms with Crippen LogP contribution in [-0.2, 0) is 24.4 Å². The van der Waals surface area contributed by atoms with Crippen molar-refractivity contribution in [3.8, 4) is 6.01 Å². The molecule has 0 aliphatic heterocycles. The highest BCUT2D eigenvalue weighted by Gasteiger charge is 2.29. The van der Waals surface area contributed by atoms with Crippen molar-refractivity contribution in [1.29, 1.82) is 0 Å². The van der Waals surface area contributed by atoms with Crippen molar-refractivity contribution in [3.05, 3.63) is 45.9 Å². The SMILES string of the molecule is CCn1c(=O)n(Cc2cccc(CN(CC3CC3)CC3CC3)c2)c2nc(OCCOC)nc(N)c21. The van der Waals surface area contributed by atoms with E-state index in [9.17, 15) is 4.79 Å². The third kappa shape index (κ3) is 5.67. The Balaban J connectivity index is 1.41. The van der Waals surface area contributed by atoms with Crippen molar-refractivity contribution in [2.45, 2.75) is 52.2 Å². The molecule has 0 spiro atoms. The van der Waals surface area contributed by atoms with Gasteiger partial charge in [0, 0.05) is 33.3 Å². The zero-order valence-electron chi connectivity index (χ0n) is 20.8. The Morgan fingerprint density at radius 1 is 1.06 bits per heavy atom. The number of fused-ring (bicyclic) bond motifs is 1. The van der Waals surface area contributed by atoms with Crippen molar-refractivity contribution in [1.82, 2.24) is 24.0 Å². The van der Waals surface area contributed by atoms with Gasteiger partial charge in [-0.3, -0.25) is 14.0 Å². The topological polar surface area (TPSA) is 100 Å². The first-order chi connectivity index (χ1) is 17.1. The van der Waals surface area contributed by atoms with Gasteiger partial charge in [-0.2, -0.15) is 9.97 Å². The van der Waals surface area contributed by atoms with Crippen LogP contribution in [-0.4, -0.2) is 57.4 Å². The van der Waals surface area contributed by atoms with Crippen LogP contribution >= 0.6 is 0 Å². The Morgan fingerprint density at radius 3 is 2.43 bits per heavy atom. The Labute approximate surface area is 205 Å². The molecule has 2 heterocycles. The molecule has 2 N–H and O–H groups in total. The van der Waals surface area contributed by atoms with Gasteiger partial charge in [0.05, 0.1) is 13.2 Å². The van der Waals surface area contributed by atoms with Crippen LogP contribution in [0, 0.1) is 11.8 Å². The standard InChI is InChI=1S/C26H36N6O3/c1-3-31-22-23(27)28-25(35-12-11-34-2)29-24(22)32(26(31)33)17-21-6-4-5-20(13-21)16-30(14-18-7-8-18)15-19-9-10-19/h4-6,13,18-19H,3,7-12,14-17H2,1-2H3,(H2,27,28,29). The van der Waals surface area contributed by atoms with E-state index in [2.05, 4.69) is 39.1 Å². The molecule has 2 fully saturated rings. The predicted octanol–water partition coefficient (Wildman–Crippen LogP) is 2.89. The maximum Gasteiger partial charge on any atom is 0.330 e. The van der Waals surface area contributed by atoms with Crippen molar-refractivity contribution < 1.29 is 9.47 Å². The molecule has 9 nitrogen and oxygen atoms in total. The van der Waals surface area contributed by atoms with Gasteiger partial charge in [-0.05, 0) is 55.6 Å². The fraction of sp³-hybridized carbons (Fsp3) is 0.577. The largest absolute Gasteiger partial charge is 0.461 e. The van der Waals surface area contributed by atoms with Crippen LogP contribution in [0.15, 0.2) is 29.1 Å². The zero-order chi connectivity index (χ0) is 24.4. The lowest BCUT2D eigenvalue weighted by Crippen LogP contribution is -2.28. The van der Waals surface area contributed by atoms with Crippen LogP contribution in [0.5, 0.6) is 6.01 Å². The normalized spacial score (nSPS) is 15.9. The van der Waals surface area contributed by atoms with Gasteiger partial charge in [-0.25, -0.2) is 4.79 Å². The van der Waals surface area contributed by atoms with E-state index in [1.165, 1.54) is 44.3 Å². The number of anilines is 1. The first-order valence-corrected chi connectivity index (χ1v) is 12.7. The van der Waals surface area contributed by atoms with E-state index >= 15 is 0 Å². The third-order valence-electron chi connectivity index (χ3n) is 6.86. The van der Waals surface area contributed by atoms with E-state index in [4.69, 9.17) is 15.2 Å². The summed E-state index contributed by atoms with van der Waals surface area (Å²) in [5, 5.41) is 0. The van der Waals surface area contributed by atoms with Gasteiger partial charge in [0.25, 0.3) is 0 Å². The molecule has 188 valence electrons. The van der Waals surface area contributed by atoms with Crippen LogP contribution < -0.4 is 16.2 Å². The fourth-order valence-electron chi connectivity index (χ4n) is 4.74. The molecule has 0 radical (unpaired) electrons. The van der Waals surface area contributed by atoms with E-state index in [1.54, 1.807) is 16.2 Å². The lowest BCUT2D eigenvalue weighted by molar-refractivity contribution is 0.141. The molecular formula is C26H36N6O3. The summed E-state index contributed by atoms with van der Waals surface area (Å²) in [6, 6.07) is 8.71. The highest BCUT2D eigenvalue weighted by molar-refractivity contribution is 5.83. The number of aryl methyl sites for hydroxylation is 1. The summed E-state index contributed by atoms with van der Waals surface area (Å²) < 4.78 is 13.9.